The highest BCUT2D eigenvalue weighted by molar-refractivity contribution is 5.94. The maximum absolute atomic E-state index is 12.2. The first-order valence-corrected chi connectivity index (χ1v) is 7.89. The Bertz CT molecular complexity index is 641. The number of carbonyl (C=O) groups is 2. The van der Waals surface area contributed by atoms with Gasteiger partial charge in [0, 0.05) is 18.2 Å². The average Bonchev–Trinajstić information content (AvgIpc) is 2.64. The Balaban J connectivity index is 1.85. The van der Waals surface area contributed by atoms with Gasteiger partial charge in [0.15, 0.2) is 0 Å². The third-order valence-corrected chi connectivity index (χ3v) is 3.79. The Hall–Kier alpha value is -2.82. The maximum Gasteiger partial charge on any atom is 0.251 e. The number of carbonyl (C=O) groups excluding carboxylic acids is 2. The molecule has 0 spiro atoms. The van der Waals surface area contributed by atoms with Gasteiger partial charge in [-0.15, -0.1) is 0 Å². The Labute approximate surface area is 142 Å². The van der Waals surface area contributed by atoms with Gasteiger partial charge in [0.05, 0.1) is 7.11 Å². The van der Waals surface area contributed by atoms with Crippen LogP contribution in [0.15, 0.2) is 54.6 Å². The molecule has 2 aromatic carbocycles. The second-order valence-electron chi connectivity index (χ2n) is 5.44. The molecule has 0 aromatic heterocycles. The van der Waals surface area contributed by atoms with Crippen LogP contribution in [0, 0.1) is 0 Å². The molecule has 0 bridgehead atoms. The summed E-state index contributed by atoms with van der Waals surface area (Å²) in [6, 6.07) is 16.8. The lowest BCUT2D eigenvalue weighted by Crippen LogP contribution is -2.40. The molecule has 5 nitrogen and oxygen atoms in total. The smallest absolute Gasteiger partial charge is 0.251 e. The van der Waals surface area contributed by atoms with Gasteiger partial charge in [-0.2, -0.15) is 0 Å². The molecule has 0 saturated heterocycles. The molecule has 1 atom stereocenters. The lowest BCUT2D eigenvalue weighted by molar-refractivity contribution is -0.110. The first kappa shape index (κ1) is 17.5. The van der Waals surface area contributed by atoms with Crippen LogP contribution in [0.2, 0.25) is 0 Å². The quantitative estimate of drug-likeness (QED) is 0.694. The summed E-state index contributed by atoms with van der Waals surface area (Å²) in [4.78, 5) is 22.9. The van der Waals surface area contributed by atoms with Crippen LogP contribution < -0.4 is 15.4 Å². The number of ether oxygens (including phenoxy) is 1. The number of nitrogens with one attached hydrogen (secondary N) is 2. The number of rotatable bonds is 9. The van der Waals surface area contributed by atoms with Crippen molar-refractivity contribution in [1.29, 1.82) is 0 Å². The zero-order valence-electron chi connectivity index (χ0n) is 13.7. The molecular formula is C19H22N2O3. The van der Waals surface area contributed by atoms with Gasteiger partial charge >= 0.3 is 0 Å². The van der Waals surface area contributed by atoms with Crippen LogP contribution in [-0.2, 0) is 11.2 Å². The van der Waals surface area contributed by atoms with Crippen molar-refractivity contribution in [3.8, 4) is 5.75 Å². The Morgan fingerprint density at radius 2 is 1.83 bits per heavy atom. The minimum Gasteiger partial charge on any atom is -0.497 e. The van der Waals surface area contributed by atoms with E-state index in [0.717, 1.165) is 12.8 Å². The molecule has 0 saturated carbocycles. The Morgan fingerprint density at radius 1 is 1.12 bits per heavy atom. The molecule has 2 rings (SSSR count). The zero-order chi connectivity index (χ0) is 17.2. The molecule has 2 amide bonds. The highest BCUT2D eigenvalue weighted by Crippen LogP contribution is 2.11. The number of benzene rings is 2. The second kappa shape index (κ2) is 9.35. The summed E-state index contributed by atoms with van der Waals surface area (Å²) < 4.78 is 5.07. The minimum absolute atomic E-state index is 0.107. The minimum atomic E-state index is -0.171. The van der Waals surface area contributed by atoms with E-state index in [4.69, 9.17) is 4.74 Å². The van der Waals surface area contributed by atoms with Crippen LogP contribution in [0.25, 0.3) is 0 Å². The highest BCUT2D eigenvalue weighted by Gasteiger charge is 2.11. The molecular weight excluding hydrogens is 304 g/mol. The molecule has 0 heterocycles. The van der Waals surface area contributed by atoms with Gasteiger partial charge in [-0.25, -0.2) is 0 Å². The van der Waals surface area contributed by atoms with Gasteiger partial charge < -0.3 is 15.4 Å². The molecule has 0 aliphatic rings. The predicted molar refractivity (Wildman–Crippen MR) is 93.1 cm³/mol. The van der Waals surface area contributed by atoms with Crippen molar-refractivity contribution >= 4 is 12.3 Å². The van der Waals surface area contributed by atoms with E-state index in [1.807, 2.05) is 30.3 Å². The van der Waals surface area contributed by atoms with E-state index in [9.17, 15) is 9.59 Å². The molecule has 0 aliphatic carbocycles. The van der Waals surface area contributed by atoms with Crippen molar-refractivity contribution in [2.75, 3.05) is 13.7 Å². The van der Waals surface area contributed by atoms with E-state index in [2.05, 4.69) is 10.6 Å². The third-order valence-electron chi connectivity index (χ3n) is 3.79. The molecule has 0 aliphatic heterocycles. The topological polar surface area (TPSA) is 67.4 Å². The standard InChI is InChI=1S/C19H22N2O3/c1-24-18-11-8-16(9-12-18)19(23)20-13-17(21-14-22)10-7-15-5-3-2-4-6-15/h2-6,8-9,11-12,14,17H,7,10,13H2,1H3,(H,20,23)(H,21,22)/t17-/m0/s1. The van der Waals surface area contributed by atoms with Crippen LogP contribution in [-0.4, -0.2) is 32.0 Å². The summed E-state index contributed by atoms with van der Waals surface area (Å²) in [5.41, 5.74) is 1.76. The predicted octanol–water partition coefficient (Wildman–Crippen LogP) is 2.17. The lowest BCUT2D eigenvalue weighted by atomic mass is 10.1. The summed E-state index contributed by atoms with van der Waals surface area (Å²) in [5.74, 6) is 0.532. The summed E-state index contributed by atoms with van der Waals surface area (Å²) in [6.45, 7) is 0.385. The largest absolute Gasteiger partial charge is 0.497 e. The first-order valence-electron chi connectivity index (χ1n) is 7.89. The SMILES string of the molecule is COc1ccc(C(=O)NC[C@H](CCc2ccccc2)NC=O)cc1. The van der Waals surface area contributed by atoms with E-state index in [1.165, 1.54) is 5.56 Å². The zero-order valence-corrected chi connectivity index (χ0v) is 13.7. The van der Waals surface area contributed by atoms with E-state index in [1.54, 1.807) is 31.4 Å². The summed E-state index contributed by atoms with van der Waals surface area (Å²) in [7, 11) is 1.58. The Kier molecular flexibility index (Phi) is 6.83. The number of hydrogen-bond acceptors (Lipinski definition) is 3. The van der Waals surface area contributed by atoms with Gasteiger partial charge in [-0.1, -0.05) is 30.3 Å². The fraction of sp³-hybridized carbons (Fsp3) is 0.263. The molecule has 2 N–H and O–H groups in total. The molecule has 0 radical (unpaired) electrons. The summed E-state index contributed by atoms with van der Waals surface area (Å²) in [5, 5.41) is 5.62. The normalized spacial score (nSPS) is 11.4. The van der Waals surface area contributed by atoms with Crippen molar-refractivity contribution < 1.29 is 14.3 Å². The van der Waals surface area contributed by atoms with Crippen LogP contribution in [0.3, 0.4) is 0 Å². The van der Waals surface area contributed by atoms with Gasteiger partial charge in [0.25, 0.3) is 5.91 Å². The van der Waals surface area contributed by atoms with E-state index >= 15 is 0 Å². The van der Waals surface area contributed by atoms with Crippen LogP contribution in [0.4, 0.5) is 0 Å². The second-order valence-corrected chi connectivity index (χ2v) is 5.44. The third kappa shape index (κ3) is 5.43. The molecule has 0 unspecified atom stereocenters. The van der Waals surface area contributed by atoms with E-state index in [-0.39, 0.29) is 11.9 Å². The van der Waals surface area contributed by atoms with Crippen molar-refractivity contribution in [2.45, 2.75) is 18.9 Å². The van der Waals surface area contributed by atoms with Gasteiger partial charge in [-0.3, -0.25) is 9.59 Å². The summed E-state index contributed by atoms with van der Waals surface area (Å²) in [6.07, 6.45) is 2.27. The van der Waals surface area contributed by atoms with Crippen molar-refractivity contribution in [1.82, 2.24) is 10.6 Å². The molecule has 126 valence electrons. The van der Waals surface area contributed by atoms with E-state index in [0.29, 0.717) is 24.3 Å². The average molecular weight is 326 g/mol. The van der Waals surface area contributed by atoms with E-state index < -0.39 is 0 Å². The molecule has 2 aromatic rings. The number of aryl methyl sites for hydroxylation is 1. The van der Waals surface area contributed by atoms with Crippen molar-refractivity contribution in [3.05, 3.63) is 65.7 Å². The highest BCUT2D eigenvalue weighted by atomic mass is 16.5. The van der Waals surface area contributed by atoms with Crippen LogP contribution >= 0.6 is 0 Å². The van der Waals surface area contributed by atoms with Gasteiger partial charge in [-0.05, 0) is 42.7 Å². The Morgan fingerprint density at radius 3 is 2.46 bits per heavy atom. The number of methoxy groups -OCH3 is 1. The van der Waals surface area contributed by atoms with Crippen molar-refractivity contribution in [2.24, 2.45) is 0 Å². The molecule has 0 fully saturated rings. The first-order chi connectivity index (χ1) is 11.7. The number of amides is 2. The fourth-order valence-corrected chi connectivity index (χ4v) is 2.39. The fourth-order valence-electron chi connectivity index (χ4n) is 2.39. The maximum atomic E-state index is 12.2. The van der Waals surface area contributed by atoms with Gasteiger partial charge in [0.1, 0.15) is 5.75 Å². The number of hydrogen-bond donors (Lipinski definition) is 2. The molecule has 24 heavy (non-hydrogen) atoms. The van der Waals surface area contributed by atoms with Gasteiger partial charge in [0.2, 0.25) is 6.41 Å². The van der Waals surface area contributed by atoms with Crippen LogP contribution in [0.1, 0.15) is 22.3 Å². The monoisotopic (exact) mass is 326 g/mol. The van der Waals surface area contributed by atoms with Crippen LogP contribution in [0.5, 0.6) is 5.75 Å². The summed E-state index contributed by atoms with van der Waals surface area (Å²) >= 11 is 0. The lowest BCUT2D eigenvalue weighted by Gasteiger charge is -2.17. The molecule has 5 heteroatoms. The van der Waals surface area contributed by atoms with Crippen molar-refractivity contribution in [3.63, 3.8) is 0 Å².